The van der Waals surface area contributed by atoms with Gasteiger partial charge in [0.2, 0.25) is 35.2 Å². The number of hydrogen-bond donors (Lipinski definition) is 5. The SMILES string of the molecule is [2H]C(=O)OCc1ccc(NN[C@@H](CC(N)=O)C(=O)C(=O)C(C)NC(=O)[C@H](C)NCN2C(=O)CC(C)C2=O)cc1. The van der Waals surface area contributed by atoms with E-state index >= 15 is 0 Å². The van der Waals surface area contributed by atoms with E-state index in [4.69, 9.17) is 7.10 Å². The number of hydrogen-bond acceptors (Lipinski definition) is 11. The molecular formula is C24H32N6O8. The molecule has 1 saturated heterocycles. The minimum absolute atomic E-state index is 0.0965. The van der Waals surface area contributed by atoms with Crippen LogP contribution in [0.15, 0.2) is 24.3 Å². The quantitative estimate of drug-likeness (QED) is 0.0758. The van der Waals surface area contributed by atoms with E-state index in [1.807, 2.05) is 0 Å². The van der Waals surface area contributed by atoms with E-state index < -0.39 is 60.3 Å². The van der Waals surface area contributed by atoms with Gasteiger partial charge in [0.15, 0.2) is 1.37 Å². The summed E-state index contributed by atoms with van der Waals surface area (Å²) in [6.07, 6.45) is -1.58. The molecule has 1 heterocycles. The molecular weight excluding hydrogens is 500 g/mol. The maximum Gasteiger partial charge on any atom is 0.293 e. The van der Waals surface area contributed by atoms with Crippen molar-refractivity contribution in [3.63, 3.8) is 0 Å². The number of benzene rings is 1. The molecule has 2 unspecified atom stereocenters. The Kier molecular flexibility index (Phi) is 10.4. The Bertz CT molecular complexity index is 1130. The number of primary amides is 1. The molecule has 0 spiro atoms. The molecule has 4 amide bonds. The third-order valence-corrected chi connectivity index (χ3v) is 5.78. The van der Waals surface area contributed by atoms with Gasteiger partial charge in [0, 0.05) is 18.0 Å². The van der Waals surface area contributed by atoms with Crippen molar-refractivity contribution in [1.82, 2.24) is 21.0 Å². The standard InChI is InChI=1S/C24H32N6O8/c1-13-8-20(33)30(24(13)37)11-26-15(3)23(36)27-14(2)21(34)22(35)18(9-19(25)32)29-28-17-6-4-16(5-7-17)10-38-12-31/h4-7,12-15,18,26,28-29H,8-11H2,1-3H3,(H2,25,32)(H,27,36)/t13?,14?,15-,18-/m0/s1/i12D. The van der Waals surface area contributed by atoms with E-state index in [2.05, 4.69) is 26.2 Å². The van der Waals surface area contributed by atoms with Gasteiger partial charge in [-0.2, -0.15) is 0 Å². The Morgan fingerprint density at radius 1 is 1.16 bits per heavy atom. The average molecular weight is 534 g/mol. The molecule has 206 valence electrons. The average Bonchev–Trinajstić information content (AvgIpc) is 3.13. The van der Waals surface area contributed by atoms with Crippen molar-refractivity contribution in [2.75, 3.05) is 12.1 Å². The summed E-state index contributed by atoms with van der Waals surface area (Å²) in [7, 11) is 0. The molecule has 2 rings (SSSR count). The van der Waals surface area contributed by atoms with Crippen LogP contribution in [0.3, 0.4) is 0 Å². The fourth-order valence-electron chi connectivity index (χ4n) is 3.50. The molecule has 0 bridgehead atoms. The number of amides is 4. The van der Waals surface area contributed by atoms with E-state index in [-0.39, 0.29) is 31.5 Å². The largest absolute Gasteiger partial charge is 0.463 e. The van der Waals surface area contributed by atoms with E-state index in [0.717, 1.165) is 4.90 Å². The van der Waals surface area contributed by atoms with Crippen molar-refractivity contribution >= 4 is 47.3 Å². The van der Waals surface area contributed by atoms with Crippen LogP contribution in [-0.2, 0) is 44.9 Å². The molecule has 14 heteroatoms. The molecule has 1 aliphatic heterocycles. The number of ketones is 2. The summed E-state index contributed by atoms with van der Waals surface area (Å²) < 4.78 is 11.3. The van der Waals surface area contributed by atoms with E-state index in [1.54, 1.807) is 31.2 Å². The molecule has 0 radical (unpaired) electrons. The normalized spacial score (nSPS) is 17.7. The molecule has 14 nitrogen and oxygen atoms in total. The van der Waals surface area contributed by atoms with Crippen LogP contribution in [0, 0.1) is 5.92 Å². The van der Waals surface area contributed by atoms with Crippen LogP contribution in [0.4, 0.5) is 5.69 Å². The predicted octanol–water partition coefficient (Wildman–Crippen LogP) is -1.51. The molecule has 1 fully saturated rings. The minimum atomic E-state index is -1.34. The lowest BCUT2D eigenvalue weighted by Gasteiger charge is -2.22. The number of Topliss-reactive ketones (excluding diaryl/α,β-unsaturated/α-hetero) is 2. The van der Waals surface area contributed by atoms with Gasteiger partial charge in [-0.15, -0.1) is 0 Å². The van der Waals surface area contributed by atoms with Crippen LogP contribution in [0.25, 0.3) is 0 Å². The summed E-state index contributed by atoms with van der Waals surface area (Å²) in [6, 6.07) is 2.81. The summed E-state index contributed by atoms with van der Waals surface area (Å²) in [5.41, 5.74) is 11.5. The second-order valence-electron chi connectivity index (χ2n) is 8.87. The van der Waals surface area contributed by atoms with Gasteiger partial charge in [-0.3, -0.25) is 43.8 Å². The Morgan fingerprint density at radius 3 is 2.37 bits per heavy atom. The summed E-state index contributed by atoms with van der Waals surface area (Å²) in [6.45, 7) is 4.13. The van der Waals surface area contributed by atoms with Crippen molar-refractivity contribution in [3.8, 4) is 0 Å². The number of carbonyl (C=O) groups excluding carboxylic acids is 7. The van der Waals surface area contributed by atoms with Crippen LogP contribution >= 0.6 is 0 Å². The van der Waals surface area contributed by atoms with Crippen LogP contribution in [0.5, 0.6) is 0 Å². The van der Waals surface area contributed by atoms with Crippen molar-refractivity contribution in [3.05, 3.63) is 29.8 Å². The molecule has 1 aromatic rings. The van der Waals surface area contributed by atoms with E-state index in [1.165, 1.54) is 13.8 Å². The lowest BCUT2D eigenvalue weighted by molar-refractivity contribution is -0.141. The number of ether oxygens (including phenoxy) is 1. The van der Waals surface area contributed by atoms with Gasteiger partial charge in [0.1, 0.15) is 12.6 Å². The number of anilines is 1. The van der Waals surface area contributed by atoms with Gasteiger partial charge < -0.3 is 21.2 Å². The number of nitrogens with one attached hydrogen (secondary N) is 4. The lowest BCUT2D eigenvalue weighted by Crippen LogP contribution is -2.54. The monoisotopic (exact) mass is 533 g/mol. The summed E-state index contributed by atoms with van der Waals surface area (Å²) in [4.78, 5) is 85.1. The molecule has 1 aliphatic rings. The molecule has 0 aromatic heterocycles. The first-order valence-electron chi connectivity index (χ1n) is 12.3. The van der Waals surface area contributed by atoms with Crippen molar-refractivity contribution in [2.24, 2.45) is 11.7 Å². The third-order valence-electron chi connectivity index (χ3n) is 5.78. The molecule has 6 N–H and O–H groups in total. The maximum absolute atomic E-state index is 12.8. The second kappa shape index (κ2) is 13.9. The van der Waals surface area contributed by atoms with Gasteiger partial charge in [-0.25, -0.2) is 5.43 Å². The fraction of sp³-hybridized carbons (Fsp3) is 0.458. The van der Waals surface area contributed by atoms with Gasteiger partial charge in [0.25, 0.3) is 6.45 Å². The molecule has 0 saturated carbocycles. The third kappa shape index (κ3) is 8.45. The van der Waals surface area contributed by atoms with Crippen molar-refractivity contribution in [2.45, 2.75) is 58.3 Å². The van der Waals surface area contributed by atoms with E-state index in [9.17, 15) is 33.6 Å². The first-order valence-corrected chi connectivity index (χ1v) is 11.8. The zero-order valence-electron chi connectivity index (χ0n) is 22.2. The number of likely N-dealkylation sites (tertiary alicyclic amines) is 1. The smallest absolute Gasteiger partial charge is 0.293 e. The number of hydrazine groups is 1. The maximum atomic E-state index is 12.8. The van der Waals surface area contributed by atoms with Crippen LogP contribution in [-0.4, -0.2) is 71.3 Å². The van der Waals surface area contributed by atoms with Crippen molar-refractivity contribution in [1.29, 1.82) is 0 Å². The van der Waals surface area contributed by atoms with Crippen molar-refractivity contribution < 1.29 is 39.7 Å². The fourth-order valence-corrected chi connectivity index (χ4v) is 3.50. The highest BCUT2D eigenvalue weighted by Gasteiger charge is 2.36. The molecule has 0 aliphatic carbocycles. The van der Waals surface area contributed by atoms with Crippen LogP contribution in [0.2, 0.25) is 0 Å². The van der Waals surface area contributed by atoms with Gasteiger partial charge in [-0.05, 0) is 31.5 Å². The van der Waals surface area contributed by atoms with Crippen LogP contribution in [0.1, 0.15) is 40.5 Å². The highest BCUT2D eigenvalue weighted by molar-refractivity contribution is 6.41. The highest BCUT2D eigenvalue weighted by Crippen LogP contribution is 2.17. The summed E-state index contributed by atoms with van der Waals surface area (Å²) in [5.74, 6) is -4.61. The highest BCUT2D eigenvalue weighted by atomic mass is 16.5. The number of nitrogens with two attached hydrogens (primary N) is 1. The second-order valence-corrected chi connectivity index (χ2v) is 8.87. The Balaban J connectivity index is 1.92. The topological polar surface area (TPSA) is 206 Å². The predicted molar refractivity (Wildman–Crippen MR) is 132 cm³/mol. The Morgan fingerprint density at radius 2 is 1.82 bits per heavy atom. The molecule has 38 heavy (non-hydrogen) atoms. The summed E-state index contributed by atoms with van der Waals surface area (Å²) in [5, 5.41) is 5.14. The zero-order chi connectivity index (χ0) is 29.3. The zero-order valence-corrected chi connectivity index (χ0v) is 21.2. The van der Waals surface area contributed by atoms with Gasteiger partial charge in [-0.1, -0.05) is 19.1 Å². The first kappa shape index (κ1) is 28.4. The lowest BCUT2D eigenvalue weighted by atomic mass is 10.0. The van der Waals surface area contributed by atoms with E-state index in [0.29, 0.717) is 11.3 Å². The summed E-state index contributed by atoms with van der Waals surface area (Å²) >= 11 is 0. The number of imide groups is 1. The minimum Gasteiger partial charge on any atom is -0.463 e. The number of rotatable bonds is 15. The molecule has 4 atom stereocenters. The number of carbonyl (C=O) groups is 7. The Hall–Kier alpha value is -4.17. The van der Waals surface area contributed by atoms with Gasteiger partial charge >= 0.3 is 0 Å². The van der Waals surface area contributed by atoms with Crippen LogP contribution < -0.4 is 27.2 Å². The number of nitrogens with zero attached hydrogens (tertiary/aromatic N) is 1. The van der Waals surface area contributed by atoms with Gasteiger partial charge in [0.05, 0.1) is 25.2 Å². The first-order chi connectivity index (χ1) is 18.3. The Labute approximate surface area is 220 Å². The molecule has 1 aromatic carbocycles.